The Balaban J connectivity index is 1.35. The Morgan fingerprint density at radius 3 is 2.71 bits per heavy atom. The lowest BCUT2D eigenvalue weighted by Crippen LogP contribution is -2.44. The molecule has 0 aromatic heterocycles. The SMILES string of the molecule is O=C(NCC1CCN(C2CCSC2)CC1)C1CC=CCC1. The summed E-state index contributed by atoms with van der Waals surface area (Å²) in [5.41, 5.74) is 0. The number of nitrogens with one attached hydrogen (secondary N) is 1. The molecule has 3 rings (SSSR count). The highest BCUT2D eigenvalue weighted by Gasteiger charge is 2.28. The van der Waals surface area contributed by atoms with E-state index >= 15 is 0 Å². The molecule has 4 heteroatoms. The summed E-state index contributed by atoms with van der Waals surface area (Å²) in [5.74, 6) is 3.88. The van der Waals surface area contributed by atoms with E-state index in [1.165, 1.54) is 43.9 Å². The molecule has 1 N–H and O–H groups in total. The third-order valence-electron chi connectivity index (χ3n) is 5.28. The van der Waals surface area contributed by atoms with E-state index in [1.807, 2.05) is 0 Å². The molecule has 0 radical (unpaired) electrons. The second-order valence-electron chi connectivity index (χ2n) is 6.72. The van der Waals surface area contributed by atoms with Gasteiger partial charge in [0.25, 0.3) is 0 Å². The molecule has 1 aliphatic carbocycles. The van der Waals surface area contributed by atoms with E-state index < -0.39 is 0 Å². The standard InChI is InChI=1S/C17H28N2OS/c20-17(15-4-2-1-3-5-15)18-12-14-6-9-19(10-7-14)16-8-11-21-13-16/h1-2,14-16H,3-13H2,(H,18,20). The minimum absolute atomic E-state index is 0.227. The lowest BCUT2D eigenvalue weighted by Gasteiger charge is -2.35. The van der Waals surface area contributed by atoms with Crippen molar-refractivity contribution in [2.75, 3.05) is 31.1 Å². The number of rotatable bonds is 4. The first-order valence-electron chi connectivity index (χ1n) is 8.57. The van der Waals surface area contributed by atoms with Gasteiger partial charge in [-0.25, -0.2) is 0 Å². The van der Waals surface area contributed by atoms with Gasteiger partial charge in [0.2, 0.25) is 5.91 Å². The molecule has 118 valence electrons. The van der Waals surface area contributed by atoms with Crippen molar-refractivity contribution in [2.45, 2.75) is 44.6 Å². The fraction of sp³-hybridized carbons (Fsp3) is 0.824. The maximum absolute atomic E-state index is 12.2. The maximum Gasteiger partial charge on any atom is 0.223 e. The van der Waals surface area contributed by atoms with Gasteiger partial charge in [-0.05, 0) is 63.3 Å². The molecule has 3 aliphatic rings. The van der Waals surface area contributed by atoms with Gasteiger partial charge in [0.05, 0.1) is 0 Å². The molecule has 2 heterocycles. The molecule has 0 aromatic carbocycles. The Morgan fingerprint density at radius 2 is 2.05 bits per heavy atom. The third kappa shape index (κ3) is 4.26. The van der Waals surface area contributed by atoms with Crippen LogP contribution < -0.4 is 5.32 Å². The van der Waals surface area contributed by atoms with Gasteiger partial charge in [0, 0.05) is 24.3 Å². The predicted octanol–water partition coefficient (Wildman–Crippen LogP) is 2.68. The van der Waals surface area contributed by atoms with Crippen molar-refractivity contribution in [1.29, 1.82) is 0 Å². The highest BCUT2D eigenvalue weighted by Crippen LogP contribution is 2.26. The van der Waals surface area contributed by atoms with Gasteiger partial charge < -0.3 is 5.32 Å². The summed E-state index contributed by atoms with van der Waals surface area (Å²) in [6.07, 6.45) is 11.3. The fourth-order valence-electron chi connectivity index (χ4n) is 3.75. The minimum Gasteiger partial charge on any atom is -0.356 e. The number of allylic oxidation sites excluding steroid dienone is 2. The van der Waals surface area contributed by atoms with Crippen LogP contribution >= 0.6 is 11.8 Å². The lowest BCUT2D eigenvalue weighted by atomic mass is 9.92. The summed E-state index contributed by atoms with van der Waals surface area (Å²) in [5, 5.41) is 3.21. The average molecular weight is 308 g/mol. The number of hydrogen-bond donors (Lipinski definition) is 1. The van der Waals surface area contributed by atoms with Crippen molar-refractivity contribution in [2.24, 2.45) is 11.8 Å². The lowest BCUT2D eigenvalue weighted by molar-refractivity contribution is -0.125. The summed E-state index contributed by atoms with van der Waals surface area (Å²) in [6, 6.07) is 0.833. The van der Waals surface area contributed by atoms with Crippen LogP contribution in [0.2, 0.25) is 0 Å². The molecular weight excluding hydrogens is 280 g/mol. The van der Waals surface area contributed by atoms with E-state index in [0.29, 0.717) is 5.92 Å². The van der Waals surface area contributed by atoms with Crippen LogP contribution in [0.5, 0.6) is 0 Å². The number of nitrogens with zero attached hydrogens (tertiary/aromatic N) is 1. The summed E-state index contributed by atoms with van der Waals surface area (Å²) >= 11 is 2.10. The Morgan fingerprint density at radius 1 is 1.19 bits per heavy atom. The quantitative estimate of drug-likeness (QED) is 0.811. The maximum atomic E-state index is 12.2. The number of likely N-dealkylation sites (tertiary alicyclic amines) is 1. The van der Waals surface area contributed by atoms with Crippen LogP contribution in [0, 0.1) is 11.8 Å². The van der Waals surface area contributed by atoms with Gasteiger partial charge in [0.1, 0.15) is 0 Å². The first-order valence-corrected chi connectivity index (χ1v) is 9.73. The van der Waals surface area contributed by atoms with Gasteiger partial charge in [-0.15, -0.1) is 0 Å². The normalized spacial score (nSPS) is 31.4. The largest absolute Gasteiger partial charge is 0.356 e. The van der Waals surface area contributed by atoms with Crippen molar-refractivity contribution < 1.29 is 4.79 Å². The topological polar surface area (TPSA) is 32.3 Å². The molecule has 0 spiro atoms. The van der Waals surface area contributed by atoms with Crippen LogP contribution in [-0.4, -0.2) is 48.0 Å². The Kier molecular flexibility index (Phi) is 5.64. The molecule has 0 saturated carbocycles. The molecule has 2 unspecified atom stereocenters. The van der Waals surface area contributed by atoms with Gasteiger partial charge in [-0.1, -0.05) is 12.2 Å². The summed E-state index contributed by atoms with van der Waals surface area (Å²) < 4.78 is 0. The monoisotopic (exact) mass is 308 g/mol. The highest BCUT2D eigenvalue weighted by atomic mass is 32.2. The van der Waals surface area contributed by atoms with Crippen LogP contribution in [0.15, 0.2) is 12.2 Å². The summed E-state index contributed by atoms with van der Waals surface area (Å²) in [4.78, 5) is 14.8. The second kappa shape index (κ2) is 7.68. The van der Waals surface area contributed by atoms with Crippen LogP contribution in [0.1, 0.15) is 38.5 Å². The minimum atomic E-state index is 0.227. The number of thioether (sulfide) groups is 1. The molecule has 21 heavy (non-hydrogen) atoms. The molecule has 2 saturated heterocycles. The molecule has 2 aliphatic heterocycles. The molecule has 3 nitrogen and oxygen atoms in total. The fourth-order valence-corrected chi connectivity index (χ4v) is 5.01. The molecular formula is C17H28N2OS. The van der Waals surface area contributed by atoms with Crippen molar-refractivity contribution in [3.8, 4) is 0 Å². The van der Waals surface area contributed by atoms with Crippen LogP contribution in [0.4, 0.5) is 0 Å². The average Bonchev–Trinajstić information content (AvgIpc) is 3.08. The molecule has 2 fully saturated rings. The van der Waals surface area contributed by atoms with Crippen molar-refractivity contribution in [3.63, 3.8) is 0 Å². The Hall–Kier alpha value is -0.480. The Labute approximate surface area is 132 Å². The number of hydrogen-bond acceptors (Lipinski definition) is 3. The molecule has 1 amide bonds. The number of carbonyl (C=O) groups excluding carboxylic acids is 1. The first kappa shape index (κ1) is 15.4. The zero-order valence-electron chi connectivity index (χ0n) is 12.9. The van der Waals surface area contributed by atoms with Gasteiger partial charge in [-0.3, -0.25) is 9.69 Å². The van der Waals surface area contributed by atoms with Crippen LogP contribution in [0.25, 0.3) is 0 Å². The van der Waals surface area contributed by atoms with Crippen LogP contribution in [-0.2, 0) is 4.79 Å². The second-order valence-corrected chi connectivity index (χ2v) is 7.87. The number of amides is 1. The van der Waals surface area contributed by atoms with Crippen molar-refractivity contribution in [1.82, 2.24) is 10.2 Å². The molecule has 0 aromatic rings. The van der Waals surface area contributed by atoms with E-state index in [2.05, 4.69) is 34.1 Å². The predicted molar refractivity (Wildman–Crippen MR) is 89.5 cm³/mol. The van der Waals surface area contributed by atoms with Gasteiger partial charge in [-0.2, -0.15) is 11.8 Å². The smallest absolute Gasteiger partial charge is 0.223 e. The third-order valence-corrected chi connectivity index (χ3v) is 6.42. The van der Waals surface area contributed by atoms with Gasteiger partial charge >= 0.3 is 0 Å². The highest BCUT2D eigenvalue weighted by molar-refractivity contribution is 7.99. The summed E-state index contributed by atoms with van der Waals surface area (Å²) in [7, 11) is 0. The van der Waals surface area contributed by atoms with Crippen molar-refractivity contribution in [3.05, 3.63) is 12.2 Å². The van der Waals surface area contributed by atoms with E-state index in [0.717, 1.165) is 31.8 Å². The first-order chi connectivity index (χ1) is 10.3. The van der Waals surface area contributed by atoms with E-state index in [1.54, 1.807) is 0 Å². The molecule has 0 bridgehead atoms. The van der Waals surface area contributed by atoms with Crippen LogP contribution in [0.3, 0.4) is 0 Å². The zero-order chi connectivity index (χ0) is 14.5. The van der Waals surface area contributed by atoms with Gasteiger partial charge in [0.15, 0.2) is 0 Å². The van der Waals surface area contributed by atoms with E-state index in [9.17, 15) is 4.79 Å². The number of piperidine rings is 1. The summed E-state index contributed by atoms with van der Waals surface area (Å²) in [6.45, 7) is 3.36. The van der Waals surface area contributed by atoms with Crippen molar-refractivity contribution >= 4 is 17.7 Å². The van der Waals surface area contributed by atoms with E-state index in [-0.39, 0.29) is 11.8 Å². The number of carbonyl (C=O) groups is 1. The molecule has 2 atom stereocenters. The Bertz CT molecular complexity index is 371. The van der Waals surface area contributed by atoms with E-state index in [4.69, 9.17) is 0 Å². The zero-order valence-corrected chi connectivity index (χ0v) is 13.7.